The molecule has 0 unspecified atom stereocenters. The van der Waals surface area contributed by atoms with Gasteiger partial charge in [-0.3, -0.25) is 9.59 Å². The summed E-state index contributed by atoms with van der Waals surface area (Å²) in [6.07, 6.45) is 0. The van der Waals surface area contributed by atoms with Crippen LogP contribution in [0.2, 0.25) is 10.0 Å². The second-order valence-corrected chi connectivity index (χ2v) is 6.98. The van der Waals surface area contributed by atoms with Crippen LogP contribution in [0.1, 0.15) is 0 Å². The van der Waals surface area contributed by atoms with E-state index in [1.807, 2.05) is 0 Å². The average Bonchev–Trinajstić information content (AvgIpc) is 2.68. The van der Waals surface area contributed by atoms with Gasteiger partial charge in [0, 0.05) is 30.3 Å². The third-order valence-electron chi connectivity index (χ3n) is 3.97. The van der Waals surface area contributed by atoms with Gasteiger partial charge in [0.25, 0.3) is 5.91 Å². The fourth-order valence-corrected chi connectivity index (χ4v) is 2.76. The Bertz CT molecular complexity index is 1130. The van der Waals surface area contributed by atoms with Crippen LogP contribution in [0.5, 0.6) is 5.75 Å². The van der Waals surface area contributed by atoms with Gasteiger partial charge < -0.3 is 19.4 Å². The van der Waals surface area contributed by atoms with Crippen molar-refractivity contribution < 1.29 is 18.7 Å². The van der Waals surface area contributed by atoms with E-state index >= 15 is 0 Å². The van der Waals surface area contributed by atoms with E-state index in [4.69, 9.17) is 32.4 Å². The third-order valence-corrected chi connectivity index (χ3v) is 4.71. The highest BCUT2D eigenvalue weighted by Crippen LogP contribution is 2.25. The lowest BCUT2D eigenvalue weighted by atomic mass is 10.2. The third kappa shape index (κ3) is 5.49. The van der Waals surface area contributed by atoms with E-state index in [0.29, 0.717) is 27.1 Å². The number of nitrogens with zero attached hydrogens (tertiary/aromatic N) is 1. The molecule has 7 nitrogen and oxygen atoms in total. The maximum absolute atomic E-state index is 12.2. The molecule has 0 fully saturated rings. The molecule has 2 amide bonds. The zero-order valence-electron chi connectivity index (χ0n) is 15.3. The van der Waals surface area contributed by atoms with Gasteiger partial charge in [0.05, 0.1) is 16.6 Å². The lowest BCUT2D eigenvalue weighted by molar-refractivity contribution is -0.135. The van der Waals surface area contributed by atoms with E-state index in [9.17, 15) is 14.4 Å². The van der Waals surface area contributed by atoms with Crippen LogP contribution in [-0.2, 0) is 9.59 Å². The van der Waals surface area contributed by atoms with Gasteiger partial charge in [-0.05, 0) is 36.4 Å². The predicted octanol–water partition coefficient (Wildman–Crippen LogP) is 3.58. The number of hydrogen-bond donors (Lipinski definition) is 1. The molecular weight excluding hydrogens is 419 g/mol. The van der Waals surface area contributed by atoms with Crippen LogP contribution in [0.3, 0.4) is 0 Å². The quantitative estimate of drug-likeness (QED) is 0.598. The average molecular weight is 435 g/mol. The second kappa shape index (κ2) is 8.98. The summed E-state index contributed by atoms with van der Waals surface area (Å²) in [6, 6.07) is 12.6. The van der Waals surface area contributed by atoms with Crippen molar-refractivity contribution in [2.24, 2.45) is 0 Å². The topological polar surface area (TPSA) is 88.9 Å². The number of fused-ring (bicyclic) bond motifs is 1. The summed E-state index contributed by atoms with van der Waals surface area (Å²) < 4.78 is 10.5. The monoisotopic (exact) mass is 434 g/mol. The summed E-state index contributed by atoms with van der Waals surface area (Å²) >= 11 is 11.7. The Morgan fingerprint density at radius 2 is 1.83 bits per heavy atom. The van der Waals surface area contributed by atoms with Gasteiger partial charge in [-0.1, -0.05) is 23.2 Å². The summed E-state index contributed by atoms with van der Waals surface area (Å²) in [5.74, 6) is -0.426. The van der Waals surface area contributed by atoms with Crippen LogP contribution in [0.15, 0.2) is 57.7 Å². The molecule has 0 spiro atoms. The van der Waals surface area contributed by atoms with Crippen LogP contribution in [0.4, 0.5) is 5.69 Å². The van der Waals surface area contributed by atoms with E-state index in [1.165, 1.54) is 30.1 Å². The van der Waals surface area contributed by atoms with Crippen molar-refractivity contribution in [3.8, 4) is 5.75 Å². The summed E-state index contributed by atoms with van der Waals surface area (Å²) in [5, 5.41) is 4.06. The largest absolute Gasteiger partial charge is 0.484 e. The molecular formula is C20H16Cl2N2O5. The zero-order valence-corrected chi connectivity index (χ0v) is 16.8. The molecule has 0 bridgehead atoms. The molecule has 0 aliphatic heterocycles. The Morgan fingerprint density at radius 1 is 1.07 bits per heavy atom. The SMILES string of the molecule is CN(CC(=O)Nc1ccc(Cl)c(Cl)c1)C(=O)COc1ccc2ccc(=O)oc2c1. The smallest absolute Gasteiger partial charge is 0.336 e. The van der Waals surface area contributed by atoms with Crippen molar-refractivity contribution in [3.05, 3.63) is 69.0 Å². The van der Waals surface area contributed by atoms with Crippen molar-refractivity contribution in [1.29, 1.82) is 0 Å². The zero-order chi connectivity index (χ0) is 21.0. The molecule has 9 heteroatoms. The molecule has 0 saturated carbocycles. The van der Waals surface area contributed by atoms with E-state index in [2.05, 4.69) is 5.32 Å². The highest BCUT2D eigenvalue weighted by Gasteiger charge is 2.14. The van der Waals surface area contributed by atoms with Crippen LogP contribution < -0.4 is 15.7 Å². The number of rotatable bonds is 6. The first kappa shape index (κ1) is 20.7. The minimum absolute atomic E-state index is 0.172. The number of carbonyl (C=O) groups excluding carboxylic acids is 2. The first-order valence-electron chi connectivity index (χ1n) is 8.47. The van der Waals surface area contributed by atoms with Crippen LogP contribution in [-0.4, -0.2) is 36.9 Å². The lowest BCUT2D eigenvalue weighted by Crippen LogP contribution is -2.37. The number of likely N-dealkylation sites (N-methyl/N-ethyl adjacent to an activating group) is 1. The van der Waals surface area contributed by atoms with Gasteiger partial charge in [-0.25, -0.2) is 4.79 Å². The fourth-order valence-electron chi connectivity index (χ4n) is 2.46. The molecule has 0 aliphatic rings. The van der Waals surface area contributed by atoms with Crippen molar-refractivity contribution in [2.75, 3.05) is 25.5 Å². The molecule has 1 heterocycles. The molecule has 0 aliphatic carbocycles. The molecule has 150 valence electrons. The number of benzene rings is 2. The first-order valence-corrected chi connectivity index (χ1v) is 9.23. The maximum atomic E-state index is 12.2. The summed E-state index contributed by atoms with van der Waals surface area (Å²) in [5.41, 5.74) is 0.356. The van der Waals surface area contributed by atoms with Gasteiger partial charge in [-0.2, -0.15) is 0 Å². The number of carbonyl (C=O) groups is 2. The molecule has 0 saturated heterocycles. The Labute approximate surface area is 175 Å². The first-order chi connectivity index (χ1) is 13.8. The van der Waals surface area contributed by atoms with Crippen LogP contribution >= 0.6 is 23.2 Å². The highest BCUT2D eigenvalue weighted by atomic mass is 35.5. The Hall–Kier alpha value is -3.03. The van der Waals surface area contributed by atoms with Gasteiger partial charge in [-0.15, -0.1) is 0 Å². The number of halogens is 2. The predicted molar refractivity (Wildman–Crippen MR) is 111 cm³/mol. The van der Waals surface area contributed by atoms with E-state index < -0.39 is 17.4 Å². The molecule has 2 aromatic carbocycles. The second-order valence-electron chi connectivity index (χ2n) is 6.17. The van der Waals surface area contributed by atoms with Gasteiger partial charge >= 0.3 is 5.63 Å². The van der Waals surface area contributed by atoms with Crippen molar-refractivity contribution in [3.63, 3.8) is 0 Å². The fraction of sp³-hybridized carbons (Fsp3) is 0.150. The Morgan fingerprint density at radius 3 is 2.59 bits per heavy atom. The summed E-state index contributed by atoms with van der Waals surface area (Å²) in [6.45, 7) is -0.450. The Kier molecular flexibility index (Phi) is 6.41. The molecule has 0 radical (unpaired) electrons. The number of ether oxygens (including phenoxy) is 1. The number of amides is 2. The number of anilines is 1. The molecule has 1 aromatic heterocycles. The molecule has 3 rings (SSSR count). The summed E-state index contributed by atoms with van der Waals surface area (Å²) in [7, 11) is 1.49. The molecule has 1 N–H and O–H groups in total. The lowest BCUT2D eigenvalue weighted by Gasteiger charge is -2.17. The standard InChI is InChI=1S/C20H16Cl2N2O5/c1-24(10-18(25)23-13-4-6-15(21)16(22)8-13)19(26)11-28-14-5-2-12-3-7-20(27)29-17(12)9-14/h2-9H,10-11H2,1H3,(H,23,25). The molecule has 3 aromatic rings. The van der Waals surface area contributed by atoms with Crippen LogP contribution in [0.25, 0.3) is 11.0 Å². The summed E-state index contributed by atoms with van der Waals surface area (Å²) in [4.78, 5) is 36.9. The van der Waals surface area contributed by atoms with Gasteiger partial charge in [0.15, 0.2) is 6.61 Å². The Balaban J connectivity index is 1.54. The van der Waals surface area contributed by atoms with E-state index in [1.54, 1.807) is 30.3 Å². The van der Waals surface area contributed by atoms with Gasteiger partial charge in [0.1, 0.15) is 11.3 Å². The minimum atomic E-state index is -0.474. The number of nitrogens with one attached hydrogen (secondary N) is 1. The molecule has 29 heavy (non-hydrogen) atoms. The maximum Gasteiger partial charge on any atom is 0.336 e. The van der Waals surface area contributed by atoms with Crippen molar-refractivity contribution >= 4 is 51.7 Å². The number of hydrogen-bond acceptors (Lipinski definition) is 5. The van der Waals surface area contributed by atoms with Crippen molar-refractivity contribution in [2.45, 2.75) is 0 Å². The van der Waals surface area contributed by atoms with Crippen LogP contribution in [0, 0.1) is 0 Å². The van der Waals surface area contributed by atoms with E-state index in [0.717, 1.165) is 5.39 Å². The molecule has 0 atom stereocenters. The normalized spacial score (nSPS) is 10.6. The minimum Gasteiger partial charge on any atom is -0.484 e. The van der Waals surface area contributed by atoms with Gasteiger partial charge in [0.2, 0.25) is 5.91 Å². The van der Waals surface area contributed by atoms with Crippen molar-refractivity contribution in [1.82, 2.24) is 4.90 Å². The highest BCUT2D eigenvalue weighted by molar-refractivity contribution is 6.42. The van der Waals surface area contributed by atoms with E-state index in [-0.39, 0.29) is 13.2 Å².